The minimum absolute atomic E-state index is 0.00840. The van der Waals surface area contributed by atoms with E-state index >= 15 is 0 Å². The molecule has 0 rings (SSSR count). The molecular formula is C13H17ClF2O2. The molecule has 0 aliphatic carbocycles. The van der Waals surface area contributed by atoms with Gasteiger partial charge in [0.1, 0.15) is 11.7 Å². The van der Waals surface area contributed by atoms with Gasteiger partial charge in [-0.25, -0.2) is 8.78 Å². The lowest BCUT2D eigenvalue weighted by molar-refractivity contribution is -0.140. The number of allylic oxidation sites excluding steroid dienone is 4. The van der Waals surface area contributed by atoms with Crippen molar-refractivity contribution in [2.75, 3.05) is 5.88 Å². The summed E-state index contributed by atoms with van der Waals surface area (Å²) < 4.78 is 26.4. The summed E-state index contributed by atoms with van der Waals surface area (Å²) in [5, 5.41) is 9.01. The van der Waals surface area contributed by atoms with E-state index in [2.05, 4.69) is 6.58 Å². The summed E-state index contributed by atoms with van der Waals surface area (Å²) in [6.45, 7) is 4.50. The van der Waals surface area contributed by atoms with Gasteiger partial charge in [-0.2, -0.15) is 0 Å². The molecule has 1 atom stereocenters. The number of rotatable bonds is 8. The zero-order valence-electron chi connectivity index (χ0n) is 10.3. The smallest absolute Gasteiger partial charge is 0.310 e. The van der Waals surface area contributed by atoms with E-state index < -0.39 is 23.5 Å². The Bertz CT molecular complexity index is 362. The zero-order chi connectivity index (χ0) is 14.1. The lowest BCUT2D eigenvalue weighted by atomic mass is 9.93. The fourth-order valence-corrected chi connectivity index (χ4v) is 1.62. The molecule has 1 unspecified atom stereocenters. The van der Waals surface area contributed by atoms with Crippen molar-refractivity contribution in [2.24, 2.45) is 5.92 Å². The second-order valence-electron chi connectivity index (χ2n) is 3.84. The number of hydrogen-bond donors (Lipinski definition) is 1. The van der Waals surface area contributed by atoms with Gasteiger partial charge in [-0.3, -0.25) is 4.79 Å². The molecule has 0 aromatic heterocycles. The van der Waals surface area contributed by atoms with Gasteiger partial charge in [0.2, 0.25) is 0 Å². The second kappa shape index (κ2) is 8.86. The zero-order valence-corrected chi connectivity index (χ0v) is 11.0. The van der Waals surface area contributed by atoms with Crippen LogP contribution >= 0.6 is 11.6 Å². The van der Waals surface area contributed by atoms with E-state index in [1.165, 1.54) is 6.92 Å². The molecule has 18 heavy (non-hydrogen) atoms. The maximum atomic E-state index is 13.6. The Balaban J connectivity index is 4.94. The SMILES string of the molecule is C=C/C(F)=C\C(F)=C(/C)C(CCCCCl)C(=O)O. The number of halogens is 3. The van der Waals surface area contributed by atoms with Gasteiger partial charge < -0.3 is 5.11 Å². The number of carboxylic acid groups (broad SMARTS) is 1. The Morgan fingerprint density at radius 3 is 2.50 bits per heavy atom. The van der Waals surface area contributed by atoms with Crippen LogP contribution in [0.3, 0.4) is 0 Å². The summed E-state index contributed by atoms with van der Waals surface area (Å²) in [5.41, 5.74) is 0.00840. The van der Waals surface area contributed by atoms with Crippen molar-refractivity contribution in [3.63, 3.8) is 0 Å². The molecule has 0 bridgehead atoms. The van der Waals surface area contributed by atoms with Crippen LogP contribution in [0.1, 0.15) is 26.2 Å². The Labute approximate surface area is 111 Å². The molecule has 0 aromatic rings. The van der Waals surface area contributed by atoms with Gasteiger partial charge in [0.05, 0.1) is 5.92 Å². The summed E-state index contributed by atoms with van der Waals surface area (Å²) in [5.74, 6) is -3.35. The first kappa shape index (κ1) is 16.8. The third kappa shape index (κ3) is 5.96. The topological polar surface area (TPSA) is 37.3 Å². The normalized spacial score (nSPS) is 15.0. The number of hydrogen-bond acceptors (Lipinski definition) is 1. The van der Waals surface area contributed by atoms with Crippen molar-refractivity contribution in [1.82, 2.24) is 0 Å². The first-order chi connectivity index (χ1) is 8.43. The maximum Gasteiger partial charge on any atom is 0.310 e. The molecule has 5 heteroatoms. The summed E-state index contributed by atoms with van der Waals surface area (Å²) in [7, 11) is 0. The highest BCUT2D eigenvalue weighted by Crippen LogP contribution is 2.24. The molecule has 0 heterocycles. The van der Waals surface area contributed by atoms with Gasteiger partial charge >= 0.3 is 5.97 Å². The quantitative estimate of drug-likeness (QED) is 0.406. The van der Waals surface area contributed by atoms with Crippen LogP contribution in [0.2, 0.25) is 0 Å². The van der Waals surface area contributed by atoms with Crippen LogP contribution in [0.15, 0.2) is 36.0 Å². The fraction of sp³-hybridized carbons (Fsp3) is 0.462. The number of carboxylic acids is 1. The summed E-state index contributed by atoms with van der Waals surface area (Å²) >= 11 is 5.49. The number of alkyl halides is 1. The average Bonchev–Trinajstić information content (AvgIpc) is 2.33. The van der Waals surface area contributed by atoms with Crippen molar-refractivity contribution >= 4 is 17.6 Å². The molecule has 102 valence electrons. The van der Waals surface area contributed by atoms with Crippen LogP contribution in [0, 0.1) is 5.92 Å². The van der Waals surface area contributed by atoms with E-state index in [4.69, 9.17) is 16.7 Å². The third-order valence-corrected chi connectivity index (χ3v) is 2.80. The largest absolute Gasteiger partial charge is 0.481 e. The van der Waals surface area contributed by atoms with Gasteiger partial charge in [-0.15, -0.1) is 11.6 Å². The molecule has 0 aromatic carbocycles. The molecule has 0 saturated heterocycles. The number of aliphatic carboxylic acids is 1. The van der Waals surface area contributed by atoms with E-state index in [1.807, 2.05) is 0 Å². The molecule has 0 fully saturated rings. The Morgan fingerprint density at radius 2 is 2.06 bits per heavy atom. The molecule has 1 N–H and O–H groups in total. The first-order valence-corrected chi connectivity index (χ1v) is 6.12. The molecular weight excluding hydrogens is 262 g/mol. The van der Waals surface area contributed by atoms with Crippen LogP contribution in [-0.2, 0) is 4.79 Å². The van der Waals surface area contributed by atoms with Gasteiger partial charge in [-0.1, -0.05) is 13.0 Å². The van der Waals surface area contributed by atoms with Gasteiger partial charge in [0.25, 0.3) is 0 Å². The molecule has 0 radical (unpaired) electrons. The summed E-state index contributed by atoms with van der Waals surface area (Å²) in [4.78, 5) is 11.0. The van der Waals surface area contributed by atoms with Crippen LogP contribution in [0.5, 0.6) is 0 Å². The Kier molecular flexibility index (Phi) is 8.29. The van der Waals surface area contributed by atoms with Crippen LogP contribution in [-0.4, -0.2) is 17.0 Å². The number of unbranched alkanes of at least 4 members (excludes halogenated alkanes) is 1. The average molecular weight is 279 g/mol. The fourth-order valence-electron chi connectivity index (χ4n) is 1.43. The molecule has 0 spiro atoms. The van der Waals surface area contributed by atoms with Crippen molar-refractivity contribution in [1.29, 1.82) is 0 Å². The monoisotopic (exact) mass is 278 g/mol. The van der Waals surface area contributed by atoms with Crippen molar-refractivity contribution in [3.05, 3.63) is 36.0 Å². The maximum absolute atomic E-state index is 13.6. The lowest BCUT2D eigenvalue weighted by Gasteiger charge is -2.13. The minimum Gasteiger partial charge on any atom is -0.481 e. The Morgan fingerprint density at radius 1 is 1.44 bits per heavy atom. The number of carbonyl (C=O) groups is 1. The molecule has 0 aliphatic heterocycles. The third-order valence-electron chi connectivity index (χ3n) is 2.53. The van der Waals surface area contributed by atoms with Crippen LogP contribution in [0.4, 0.5) is 8.78 Å². The van der Waals surface area contributed by atoms with Crippen LogP contribution < -0.4 is 0 Å². The van der Waals surface area contributed by atoms with Crippen molar-refractivity contribution < 1.29 is 18.7 Å². The van der Waals surface area contributed by atoms with E-state index in [-0.39, 0.29) is 12.0 Å². The van der Waals surface area contributed by atoms with Gasteiger partial charge in [-0.05, 0) is 31.4 Å². The highest BCUT2D eigenvalue weighted by molar-refractivity contribution is 6.17. The van der Waals surface area contributed by atoms with Crippen molar-refractivity contribution in [2.45, 2.75) is 26.2 Å². The molecule has 0 aliphatic rings. The highest BCUT2D eigenvalue weighted by Gasteiger charge is 2.21. The Hall–Kier alpha value is -1.16. The summed E-state index contributed by atoms with van der Waals surface area (Å²) in [6.07, 6.45) is 3.02. The minimum atomic E-state index is -1.12. The highest BCUT2D eigenvalue weighted by atomic mass is 35.5. The second-order valence-corrected chi connectivity index (χ2v) is 4.22. The van der Waals surface area contributed by atoms with Crippen molar-refractivity contribution in [3.8, 4) is 0 Å². The predicted octanol–water partition coefficient (Wildman–Crippen LogP) is 4.38. The summed E-state index contributed by atoms with van der Waals surface area (Å²) in [6, 6.07) is 0. The van der Waals surface area contributed by atoms with E-state index in [9.17, 15) is 13.6 Å². The van der Waals surface area contributed by atoms with Crippen LogP contribution in [0.25, 0.3) is 0 Å². The molecule has 0 saturated carbocycles. The van der Waals surface area contributed by atoms with E-state index in [0.29, 0.717) is 24.8 Å². The van der Waals surface area contributed by atoms with E-state index in [1.54, 1.807) is 0 Å². The molecule has 0 amide bonds. The van der Waals surface area contributed by atoms with Gasteiger partial charge in [0.15, 0.2) is 0 Å². The van der Waals surface area contributed by atoms with Gasteiger partial charge in [0, 0.05) is 12.0 Å². The lowest BCUT2D eigenvalue weighted by Crippen LogP contribution is -2.15. The first-order valence-electron chi connectivity index (χ1n) is 5.58. The van der Waals surface area contributed by atoms with E-state index in [0.717, 1.165) is 6.08 Å². The standard InChI is InChI=1S/C13H17ClF2O2/c1-3-10(15)8-12(16)9(2)11(13(17)18)6-4-5-7-14/h3,8,11H,1,4-7H2,2H3,(H,17,18)/b10-8+,12-9-. The predicted molar refractivity (Wildman–Crippen MR) is 68.9 cm³/mol. The molecule has 2 nitrogen and oxygen atoms in total.